The maximum atomic E-state index is 10.8. The summed E-state index contributed by atoms with van der Waals surface area (Å²) >= 11 is 3.18. The van der Waals surface area contributed by atoms with Crippen LogP contribution in [0.5, 0.6) is 5.75 Å². The number of rotatable bonds is 4. The molecule has 0 aliphatic rings. The summed E-state index contributed by atoms with van der Waals surface area (Å²) in [4.78, 5) is 10.1. The predicted molar refractivity (Wildman–Crippen MR) is 68.8 cm³/mol. The van der Waals surface area contributed by atoms with Gasteiger partial charge in [0, 0.05) is 22.1 Å². The first-order chi connectivity index (χ1) is 7.82. The number of nitrogens with zero attached hydrogens (tertiary/aromatic N) is 1. The number of hydrogen-bond donors (Lipinski definition) is 2. The molecule has 0 bridgehead atoms. The third-order valence-electron chi connectivity index (χ3n) is 2.41. The molecule has 1 aromatic carbocycles. The zero-order valence-corrected chi connectivity index (χ0v) is 11.3. The van der Waals surface area contributed by atoms with Gasteiger partial charge in [0.25, 0.3) is 0 Å². The second-order valence-corrected chi connectivity index (χ2v) is 5.27. The van der Waals surface area contributed by atoms with Crippen molar-refractivity contribution in [1.29, 1.82) is 0 Å². The molecule has 0 spiro atoms. The van der Waals surface area contributed by atoms with Crippen molar-refractivity contribution in [1.82, 2.24) is 0 Å². The molecule has 94 valence electrons. The van der Waals surface area contributed by atoms with E-state index < -0.39 is 11.0 Å². The summed E-state index contributed by atoms with van der Waals surface area (Å²) in [5.74, 6) is 0.00814. The number of phenols is 1. The van der Waals surface area contributed by atoms with Crippen molar-refractivity contribution in [2.45, 2.75) is 26.3 Å². The average Bonchev–Trinajstić information content (AvgIpc) is 2.19. The van der Waals surface area contributed by atoms with Gasteiger partial charge in [0.1, 0.15) is 0 Å². The van der Waals surface area contributed by atoms with Crippen LogP contribution < -0.4 is 5.73 Å². The van der Waals surface area contributed by atoms with Gasteiger partial charge in [0.2, 0.25) is 0 Å². The Bertz CT molecular complexity index is 435. The summed E-state index contributed by atoms with van der Waals surface area (Å²) in [7, 11) is 0. The van der Waals surface area contributed by atoms with Crippen molar-refractivity contribution in [2.24, 2.45) is 11.7 Å². The van der Waals surface area contributed by atoms with Gasteiger partial charge in [-0.1, -0.05) is 29.8 Å². The van der Waals surface area contributed by atoms with E-state index >= 15 is 0 Å². The topological polar surface area (TPSA) is 89.4 Å². The first kappa shape index (κ1) is 13.9. The molecule has 0 heterocycles. The summed E-state index contributed by atoms with van der Waals surface area (Å²) < 4.78 is 0.538. The Hall–Kier alpha value is -1.14. The fourth-order valence-electron chi connectivity index (χ4n) is 1.66. The van der Waals surface area contributed by atoms with Crippen molar-refractivity contribution in [3.05, 3.63) is 32.3 Å². The molecular formula is C11H15BrN2O3. The molecule has 0 aliphatic heterocycles. The van der Waals surface area contributed by atoms with Crippen LogP contribution in [0.2, 0.25) is 0 Å². The van der Waals surface area contributed by atoms with Gasteiger partial charge >= 0.3 is 5.69 Å². The van der Waals surface area contributed by atoms with E-state index in [4.69, 9.17) is 5.73 Å². The lowest BCUT2D eigenvalue weighted by molar-refractivity contribution is -0.386. The molecule has 0 fully saturated rings. The van der Waals surface area contributed by atoms with Crippen LogP contribution in [0.1, 0.15) is 31.9 Å². The molecule has 3 N–H and O–H groups in total. The molecule has 0 unspecified atom stereocenters. The fraction of sp³-hybridized carbons (Fsp3) is 0.455. The molecule has 0 radical (unpaired) electrons. The van der Waals surface area contributed by atoms with E-state index in [-0.39, 0.29) is 11.4 Å². The summed E-state index contributed by atoms with van der Waals surface area (Å²) in [6.07, 6.45) is 0.654. The van der Waals surface area contributed by atoms with Gasteiger partial charge in [-0.3, -0.25) is 10.1 Å². The van der Waals surface area contributed by atoms with Crippen LogP contribution in [0.25, 0.3) is 0 Å². The minimum absolute atomic E-state index is 0.325. The molecule has 0 aromatic heterocycles. The highest BCUT2D eigenvalue weighted by Crippen LogP contribution is 2.37. The Kier molecular flexibility index (Phi) is 4.47. The van der Waals surface area contributed by atoms with Crippen LogP contribution in [0.15, 0.2) is 16.6 Å². The van der Waals surface area contributed by atoms with E-state index in [9.17, 15) is 15.2 Å². The Labute approximate surface area is 108 Å². The summed E-state index contributed by atoms with van der Waals surface area (Å²) in [5.41, 5.74) is 6.01. The molecule has 6 heteroatoms. The Morgan fingerprint density at radius 3 is 2.59 bits per heavy atom. The smallest absolute Gasteiger partial charge is 0.312 e. The molecular weight excluding hydrogens is 288 g/mol. The number of phenolic OH excluding ortho intramolecular Hbond substituents is 1. The van der Waals surface area contributed by atoms with Gasteiger partial charge in [-0.05, 0) is 18.4 Å². The molecule has 0 aliphatic carbocycles. The van der Waals surface area contributed by atoms with Crippen LogP contribution in [-0.4, -0.2) is 10.0 Å². The molecule has 0 saturated carbocycles. The molecule has 0 amide bonds. The van der Waals surface area contributed by atoms with E-state index in [0.29, 0.717) is 22.4 Å². The zero-order chi connectivity index (χ0) is 13.2. The number of halogens is 1. The van der Waals surface area contributed by atoms with E-state index in [1.807, 2.05) is 13.8 Å². The van der Waals surface area contributed by atoms with Crippen LogP contribution >= 0.6 is 15.9 Å². The maximum absolute atomic E-state index is 10.8. The molecule has 5 nitrogen and oxygen atoms in total. The zero-order valence-electron chi connectivity index (χ0n) is 9.68. The van der Waals surface area contributed by atoms with Crippen LogP contribution in [0.3, 0.4) is 0 Å². The van der Waals surface area contributed by atoms with E-state index in [2.05, 4.69) is 15.9 Å². The number of hydrogen-bond acceptors (Lipinski definition) is 4. The number of aromatic hydroxyl groups is 1. The number of nitro benzene ring substituents is 1. The van der Waals surface area contributed by atoms with Crippen molar-refractivity contribution in [3.63, 3.8) is 0 Å². The minimum atomic E-state index is -0.619. The van der Waals surface area contributed by atoms with Crippen LogP contribution in [0.4, 0.5) is 5.69 Å². The quantitative estimate of drug-likeness (QED) is 0.660. The van der Waals surface area contributed by atoms with E-state index in [1.165, 1.54) is 6.07 Å². The van der Waals surface area contributed by atoms with Gasteiger partial charge in [0.05, 0.1) is 4.92 Å². The predicted octanol–water partition coefficient (Wildman–Crippen LogP) is 3.11. The molecule has 17 heavy (non-hydrogen) atoms. The molecule has 0 saturated heterocycles. The van der Waals surface area contributed by atoms with Crippen molar-refractivity contribution in [3.8, 4) is 5.75 Å². The fourth-order valence-corrected chi connectivity index (χ4v) is 2.13. The summed E-state index contributed by atoms with van der Waals surface area (Å²) in [6, 6.07) is 2.47. The lowest BCUT2D eigenvalue weighted by Gasteiger charge is -2.16. The first-order valence-corrected chi connectivity index (χ1v) is 6.04. The Morgan fingerprint density at radius 1 is 1.53 bits per heavy atom. The van der Waals surface area contributed by atoms with Crippen LogP contribution in [0, 0.1) is 16.0 Å². The number of benzene rings is 1. The minimum Gasteiger partial charge on any atom is -0.502 e. The number of nitro groups is 1. The highest BCUT2D eigenvalue weighted by Gasteiger charge is 2.22. The standard InChI is InChI=1S/C11H15BrN2O3/c1-6(2)3-9(13)8-4-7(12)5-10(11(8)15)14(16)17/h4-6,9,15H,3,13H2,1-2H3/t9-/m1/s1. The summed E-state index contributed by atoms with van der Waals surface area (Å²) in [6.45, 7) is 4.01. The normalized spacial score (nSPS) is 12.8. The summed E-state index contributed by atoms with van der Waals surface area (Å²) in [5, 5.41) is 20.6. The van der Waals surface area contributed by atoms with Crippen molar-refractivity contribution in [2.75, 3.05) is 0 Å². The average molecular weight is 303 g/mol. The molecule has 1 atom stereocenters. The maximum Gasteiger partial charge on any atom is 0.312 e. The van der Waals surface area contributed by atoms with Crippen LogP contribution in [-0.2, 0) is 0 Å². The largest absolute Gasteiger partial charge is 0.502 e. The Morgan fingerprint density at radius 2 is 2.12 bits per heavy atom. The van der Waals surface area contributed by atoms with Crippen molar-refractivity contribution < 1.29 is 10.0 Å². The molecule has 1 aromatic rings. The van der Waals surface area contributed by atoms with Gasteiger partial charge < -0.3 is 10.8 Å². The Balaban J connectivity index is 3.19. The number of nitrogens with two attached hydrogens (primary N) is 1. The van der Waals surface area contributed by atoms with E-state index in [1.54, 1.807) is 6.07 Å². The molecule has 1 rings (SSSR count). The van der Waals surface area contributed by atoms with Gasteiger partial charge in [-0.2, -0.15) is 0 Å². The third kappa shape index (κ3) is 3.41. The van der Waals surface area contributed by atoms with Gasteiger partial charge in [-0.15, -0.1) is 0 Å². The lowest BCUT2D eigenvalue weighted by Crippen LogP contribution is -2.13. The van der Waals surface area contributed by atoms with E-state index in [0.717, 1.165) is 0 Å². The van der Waals surface area contributed by atoms with Gasteiger partial charge in [-0.25, -0.2) is 0 Å². The van der Waals surface area contributed by atoms with Gasteiger partial charge in [0.15, 0.2) is 5.75 Å². The third-order valence-corrected chi connectivity index (χ3v) is 2.86. The first-order valence-electron chi connectivity index (χ1n) is 5.25. The second-order valence-electron chi connectivity index (χ2n) is 4.36. The monoisotopic (exact) mass is 302 g/mol. The van der Waals surface area contributed by atoms with Crippen molar-refractivity contribution >= 4 is 21.6 Å². The SMILES string of the molecule is CC(C)C[C@@H](N)c1cc(Br)cc([N+](=O)[O-])c1O. The lowest BCUT2D eigenvalue weighted by atomic mass is 9.97. The highest BCUT2D eigenvalue weighted by atomic mass is 79.9. The highest BCUT2D eigenvalue weighted by molar-refractivity contribution is 9.10. The second kappa shape index (κ2) is 5.46.